The summed E-state index contributed by atoms with van der Waals surface area (Å²) in [5.41, 5.74) is 0. The fourth-order valence-electron chi connectivity index (χ4n) is 2.89. The molecule has 1 aliphatic carbocycles. The molecule has 1 atom stereocenters. The van der Waals surface area contributed by atoms with Crippen molar-refractivity contribution in [3.63, 3.8) is 0 Å². The van der Waals surface area contributed by atoms with Crippen LogP contribution < -0.4 is 5.32 Å². The van der Waals surface area contributed by atoms with Gasteiger partial charge in [0.2, 0.25) is 0 Å². The van der Waals surface area contributed by atoms with E-state index in [9.17, 15) is 9.18 Å². The smallest absolute Gasteiger partial charge is 0.317 e. The molecule has 0 aromatic heterocycles. The zero-order valence-corrected chi connectivity index (χ0v) is 10.5. The van der Waals surface area contributed by atoms with E-state index >= 15 is 0 Å². The molecule has 1 aliphatic heterocycles. The Bertz CT molecular complexity index is 254. The summed E-state index contributed by atoms with van der Waals surface area (Å²) in [5.74, 6) is 0.0563. The lowest BCUT2D eigenvalue weighted by Gasteiger charge is -2.33. The largest absolute Gasteiger partial charge is 0.335 e. The highest BCUT2D eigenvalue weighted by Crippen LogP contribution is 2.19. The SMILES string of the molecule is O=C(NC1CCCCC1)N1CCCC(CF)C1. The Balaban J connectivity index is 1.78. The Labute approximate surface area is 103 Å². The van der Waals surface area contributed by atoms with Crippen LogP contribution in [0.4, 0.5) is 9.18 Å². The van der Waals surface area contributed by atoms with Crippen LogP contribution in [0.15, 0.2) is 0 Å². The maximum Gasteiger partial charge on any atom is 0.317 e. The van der Waals surface area contributed by atoms with Gasteiger partial charge >= 0.3 is 6.03 Å². The molecule has 0 bridgehead atoms. The molecule has 2 fully saturated rings. The number of urea groups is 1. The van der Waals surface area contributed by atoms with Crippen molar-refractivity contribution in [3.8, 4) is 0 Å². The molecule has 1 saturated heterocycles. The summed E-state index contributed by atoms with van der Waals surface area (Å²) >= 11 is 0. The number of halogens is 1. The van der Waals surface area contributed by atoms with Gasteiger partial charge in [-0.3, -0.25) is 4.39 Å². The summed E-state index contributed by atoms with van der Waals surface area (Å²) in [5, 5.41) is 3.10. The summed E-state index contributed by atoms with van der Waals surface area (Å²) in [7, 11) is 0. The Morgan fingerprint density at radius 2 is 1.94 bits per heavy atom. The highest BCUT2D eigenvalue weighted by Gasteiger charge is 2.25. The molecule has 0 aromatic rings. The van der Waals surface area contributed by atoms with Gasteiger partial charge < -0.3 is 10.2 Å². The third kappa shape index (κ3) is 3.58. The predicted octanol–water partition coefficient (Wildman–Crippen LogP) is 2.71. The molecule has 2 rings (SSSR count). The first-order valence-electron chi connectivity index (χ1n) is 6.91. The van der Waals surface area contributed by atoms with E-state index in [1.54, 1.807) is 4.90 Å². The van der Waals surface area contributed by atoms with Crippen molar-refractivity contribution in [1.29, 1.82) is 0 Å². The quantitative estimate of drug-likeness (QED) is 0.793. The Kier molecular flexibility index (Phi) is 4.63. The third-order valence-corrected chi connectivity index (χ3v) is 3.96. The standard InChI is InChI=1S/C13H23FN2O/c14-9-11-5-4-8-16(10-11)13(17)15-12-6-2-1-3-7-12/h11-12H,1-10H2,(H,15,17). The van der Waals surface area contributed by atoms with E-state index in [0.717, 1.165) is 32.2 Å². The molecular formula is C13H23FN2O. The monoisotopic (exact) mass is 242 g/mol. The summed E-state index contributed by atoms with van der Waals surface area (Å²) < 4.78 is 12.6. The van der Waals surface area contributed by atoms with Crippen LogP contribution in [-0.2, 0) is 0 Å². The second-order valence-electron chi connectivity index (χ2n) is 5.39. The Morgan fingerprint density at radius 3 is 2.65 bits per heavy atom. The van der Waals surface area contributed by atoms with E-state index < -0.39 is 0 Å². The lowest BCUT2D eigenvalue weighted by Crippen LogP contribution is -2.49. The van der Waals surface area contributed by atoms with Crippen LogP contribution in [0.2, 0.25) is 0 Å². The number of hydrogen-bond acceptors (Lipinski definition) is 1. The molecule has 3 nitrogen and oxygen atoms in total. The van der Waals surface area contributed by atoms with Gasteiger partial charge in [-0.2, -0.15) is 0 Å². The first kappa shape index (κ1) is 12.7. The number of amides is 2. The summed E-state index contributed by atoms with van der Waals surface area (Å²) in [6.45, 7) is 1.08. The van der Waals surface area contributed by atoms with E-state index in [2.05, 4.69) is 5.32 Å². The minimum Gasteiger partial charge on any atom is -0.335 e. The van der Waals surface area contributed by atoms with Crippen LogP contribution in [0.3, 0.4) is 0 Å². The average molecular weight is 242 g/mol. The second-order valence-corrected chi connectivity index (χ2v) is 5.39. The van der Waals surface area contributed by atoms with Crippen LogP contribution >= 0.6 is 0 Å². The van der Waals surface area contributed by atoms with Crippen molar-refractivity contribution < 1.29 is 9.18 Å². The predicted molar refractivity (Wildman–Crippen MR) is 65.7 cm³/mol. The molecule has 0 aromatic carbocycles. The van der Waals surface area contributed by atoms with E-state index in [4.69, 9.17) is 0 Å². The van der Waals surface area contributed by atoms with Crippen molar-refractivity contribution in [2.45, 2.75) is 51.0 Å². The van der Waals surface area contributed by atoms with Gasteiger partial charge in [0.05, 0.1) is 6.67 Å². The summed E-state index contributed by atoms with van der Waals surface area (Å²) in [4.78, 5) is 13.8. The second kappa shape index (κ2) is 6.22. The number of rotatable bonds is 2. The number of carbonyl (C=O) groups excluding carboxylic acids is 1. The van der Waals surface area contributed by atoms with E-state index in [0.29, 0.717) is 12.6 Å². The maximum absolute atomic E-state index is 12.6. The zero-order valence-electron chi connectivity index (χ0n) is 10.5. The van der Waals surface area contributed by atoms with E-state index in [-0.39, 0.29) is 18.6 Å². The van der Waals surface area contributed by atoms with Crippen molar-refractivity contribution in [2.75, 3.05) is 19.8 Å². The van der Waals surface area contributed by atoms with E-state index in [1.165, 1.54) is 19.3 Å². The van der Waals surface area contributed by atoms with Crippen molar-refractivity contribution in [1.82, 2.24) is 10.2 Å². The van der Waals surface area contributed by atoms with Crippen LogP contribution in [-0.4, -0.2) is 36.7 Å². The molecule has 2 amide bonds. The van der Waals surface area contributed by atoms with Gasteiger partial charge in [-0.15, -0.1) is 0 Å². The molecule has 1 heterocycles. The first-order valence-corrected chi connectivity index (χ1v) is 6.91. The van der Waals surface area contributed by atoms with Gasteiger partial charge in [-0.1, -0.05) is 19.3 Å². The molecule has 1 unspecified atom stereocenters. The van der Waals surface area contributed by atoms with Crippen LogP contribution in [0.5, 0.6) is 0 Å². The summed E-state index contributed by atoms with van der Waals surface area (Å²) in [6, 6.07) is 0.372. The third-order valence-electron chi connectivity index (χ3n) is 3.96. The number of alkyl halides is 1. The van der Waals surface area contributed by atoms with Gasteiger partial charge in [0.1, 0.15) is 0 Å². The average Bonchev–Trinajstić information content (AvgIpc) is 2.40. The number of piperidine rings is 1. The zero-order chi connectivity index (χ0) is 12.1. The van der Waals surface area contributed by atoms with Gasteiger partial charge in [-0.25, -0.2) is 4.79 Å². The topological polar surface area (TPSA) is 32.3 Å². The van der Waals surface area contributed by atoms with Gasteiger partial charge in [0.15, 0.2) is 0 Å². The molecule has 4 heteroatoms. The number of likely N-dealkylation sites (tertiary alicyclic amines) is 1. The normalized spacial score (nSPS) is 26.9. The molecule has 1 N–H and O–H groups in total. The molecular weight excluding hydrogens is 219 g/mol. The number of carbonyl (C=O) groups is 1. The molecule has 98 valence electrons. The lowest BCUT2D eigenvalue weighted by atomic mass is 9.95. The fourth-order valence-corrected chi connectivity index (χ4v) is 2.89. The molecule has 0 spiro atoms. The molecule has 2 aliphatic rings. The van der Waals surface area contributed by atoms with Crippen LogP contribution in [0, 0.1) is 5.92 Å². The van der Waals surface area contributed by atoms with E-state index in [1.807, 2.05) is 0 Å². The highest BCUT2D eigenvalue weighted by molar-refractivity contribution is 5.74. The highest BCUT2D eigenvalue weighted by atomic mass is 19.1. The number of nitrogens with zero attached hydrogens (tertiary/aromatic N) is 1. The minimum atomic E-state index is -0.298. The molecule has 0 radical (unpaired) electrons. The Hall–Kier alpha value is -0.800. The fraction of sp³-hybridized carbons (Fsp3) is 0.923. The lowest BCUT2D eigenvalue weighted by molar-refractivity contribution is 0.149. The number of nitrogens with one attached hydrogen (secondary N) is 1. The van der Waals surface area contributed by atoms with Crippen LogP contribution in [0.25, 0.3) is 0 Å². The van der Waals surface area contributed by atoms with Gasteiger partial charge in [0.25, 0.3) is 0 Å². The maximum atomic E-state index is 12.6. The minimum absolute atomic E-state index is 0.0232. The molecule has 17 heavy (non-hydrogen) atoms. The Morgan fingerprint density at radius 1 is 1.18 bits per heavy atom. The summed E-state index contributed by atoms with van der Waals surface area (Å²) in [6.07, 6.45) is 7.80. The molecule has 1 saturated carbocycles. The van der Waals surface area contributed by atoms with Crippen molar-refractivity contribution in [3.05, 3.63) is 0 Å². The first-order chi connectivity index (χ1) is 8.29. The van der Waals surface area contributed by atoms with Gasteiger partial charge in [0, 0.05) is 25.0 Å². The van der Waals surface area contributed by atoms with Crippen molar-refractivity contribution in [2.24, 2.45) is 5.92 Å². The number of hydrogen-bond donors (Lipinski definition) is 1. The van der Waals surface area contributed by atoms with Gasteiger partial charge in [-0.05, 0) is 25.7 Å². The van der Waals surface area contributed by atoms with Crippen LogP contribution in [0.1, 0.15) is 44.9 Å². The van der Waals surface area contributed by atoms with Crippen molar-refractivity contribution >= 4 is 6.03 Å².